The summed E-state index contributed by atoms with van der Waals surface area (Å²) in [7, 11) is -2.59. The SMILES string of the molecule is C=CC(=O)OC(COP(O)O)(c1ccccc1)c1ccccc1. The molecule has 0 spiro atoms. The summed E-state index contributed by atoms with van der Waals surface area (Å²) in [5.41, 5.74) is -0.00340. The number of esters is 1. The minimum atomic E-state index is -2.59. The first-order valence-electron chi connectivity index (χ1n) is 6.86. The number of hydrogen-bond donors (Lipinski definition) is 2. The number of rotatable bonds is 7. The minimum Gasteiger partial charge on any atom is -0.444 e. The average molecular weight is 332 g/mol. The second-order valence-corrected chi connectivity index (χ2v) is 5.47. The first kappa shape index (κ1) is 17.3. The third-order valence-electron chi connectivity index (χ3n) is 3.30. The average Bonchev–Trinajstić information content (AvgIpc) is 2.60. The van der Waals surface area contributed by atoms with Crippen LogP contribution in [0.1, 0.15) is 11.1 Å². The highest BCUT2D eigenvalue weighted by Crippen LogP contribution is 2.38. The van der Waals surface area contributed by atoms with E-state index in [-0.39, 0.29) is 6.61 Å². The van der Waals surface area contributed by atoms with Crippen molar-refractivity contribution in [1.82, 2.24) is 0 Å². The van der Waals surface area contributed by atoms with Crippen molar-refractivity contribution in [3.8, 4) is 0 Å². The van der Waals surface area contributed by atoms with Crippen LogP contribution in [0.4, 0.5) is 0 Å². The Balaban J connectivity index is 2.57. The van der Waals surface area contributed by atoms with Gasteiger partial charge < -0.3 is 19.0 Å². The molecule has 23 heavy (non-hydrogen) atoms. The summed E-state index contributed by atoms with van der Waals surface area (Å²) >= 11 is 0. The molecule has 0 fully saturated rings. The van der Waals surface area contributed by atoms with Crippen molar-refractivity contribution in [3.05, 3.63) is 84.4 Å². The van der Waals surface area contributed by atoms with Crippen LogP contribution in [0.15, 0.2) is 73.3 Å². The number of hydrogen-bond acceptors (Lipinski definition) is 5. The molecule has 0 aliphatic carbocycles. The van der Waals surface area contributed by atoms with Crippen LogP contribution in [0, 0.1) is 0 Å². The summed E-state index contributed by atoms with van der Waals surface area (Å²) < 4.78 is 10.6. The van der Waals surface area contributed by atoms with Crippen LogP contribution in [0.5, 0.6) is 0 Å². The lowest BCUT2D eigenvalue weighted by Crippen LogP contribution is -2.37. The molecule has 6 heteroatoms. The van der Waals surface area contributed by atoms with Gasteiger partial charge in [-0.2, -0.15) is 0 Å². The van der Waals surface area contributed by atoms with E-state index in [4.69, 9.17) is 19.0 Å². The zero-order valence-corrected chi connectivity index (χ0v) is 13.2. The topological polar surface area (TPSA) is 76.0 Å². The lowest BCUT2D eigenvalue weighted by Gasteiger charge is -2.34. The van der Waals surface area contributed by atoms with Crippen molar-refractivity contribution in [2.45, 2.75) is 5.60 Å². The monoisotopic (exact) mass is 332 g/mol. The maximum absolute atomic E-state index is 11.9. The maximum atomic E-state index is 11.9. The lowest BCUT2D eigenvalue weighted by molar-refractivity contribution is -0.153. The third kappa shape index (κ3) is 4.24. The number of carbonyl (C=O) groups excluding carboxylic acids is 1. The van der Waals surface area contributed by atoms with E-state index >= 15 is 0 Å². The second-order valence-electron chi connectivity index (χ2n) is 4.71. The van der Waals surface area contributed by atoms with Gasteiger partial charge in [0.1, 0.15) is 6.61 Å². The maximum Gasteiger partial charge on any atom is 0.331 e. The first-order valence-corrected chi connectivity index (χ1v) is 8.02. The largest absolute Gasteiger partial charge is 0.444 e. The molecule has 0 aromatic heterocycles. The zero-order chi connectivity index (χ0) is 16.7. The molecule has 0 bridgehead atoms. The van der Waals surface area contributed by atoms with E-state index in [1.54, 1.807) is 48.5 Å². The first-order chi connectivity index (χ1) is 11.1. The third-order valence-corrected chi connectivity index (χ3v) is 3.67. The van der Waals surface area contributed by atoms with Gasteiger partial charge in [0.25, 0.3) is 0 Å². The van der Waals surface area contributed by atoms with E-state index in [0.717, 1.165) is 6.08 Å². The summed E-state index contributed by atoms with van der Waals surface area (Å²) in [6.07, 6.45) is 1.06. The van der Waals surface area contributed by atoms with Crippen LogP contribution in [0.2, 0.25) is 0 Å². The molecular weight excluding hydrogens is 315 g/mol. The van der Waals surface area contributed by atoms with Gasteiger partial charge in [0.15, 0.2) is 5.60 Å². The fraction of sp³-hybridized carbons (Fsp3) is 0.118. The normalized spacial score (nSPS) is 11.3. The molecule has 2 rings (SSSR count). The molecule has 2 aromatic rings. The fourth-order valence-electron chi connectivity index (χ4n) is 2.26. The molecule has 0 radical (unpaired) electrons. The number of ether oxygens (including phenoxy) is 1. The zero-order valence-electron chi connectivity index (χ0n) is 12.3. The summed E-state index contributed by atoms with van der Waals surface area (Å²) in [5, 5.41) is 0. The van der Waals surface area contributed by atoms with Crippen molar-refractivity contribution in [3.63, 3.8) is 0 Å². The molecule has 0 aliphatic heterocycles. The van der Waals surface area contributed by atoms with Crippen LogP contribution in [-0.2, 0) is 19.7 Å². The molecule has 0 unspecified atom stereocenters. The molecule has 2 aromatic carbocycles. The van der Waals surface area contributed by atoms with E-state index in [0.29, 0.717) is 11.1 Å². The van der Waals surface area contributed by atoms with E-state index in [2.05, 4.69) is 6.58 Å². The van der Waals surface area contributed by atoms with E-state index in [9.17, 15) is 4.79 Å². The van der Waals surface area contributed by atoms with Crippen molar-refractivity contribution in [2.24, 2.45) is 0 Å². The van der Waals surface area contributed by atoms with Crippen molar-refractivity contribution in [2.75, 3.05) is 6.61 Å². The summed E-state index contributed by atoms with van der Waals surface area (Å²) in [5.74, 6) is -0.637. The molecule has 0 saturated heterocycles. The van der Waals surface area contributed by atoms with Crippen LogP contribution >= 0.6 is 8.60 Å². The van der Waals surface area contributed by atoms with Gasteiger partial charge in [-0.3, -0.25) is 0 Å². The molecule has 0 saturated carbocycles. The van der Waals surface area contributed by atoms with Gasteiger partial charge in [-0.1, -0.05) is 67.2 Å². The number of carbonyl (C=O) groups is 1. The second kappa shape index (κ2) is 7.99. The molecule has 2 N–H and O–H groups in total. The van der Waals surface area contributed by atoms with Gasteiger partial charge in [0.2, 0.25) is 0 Å². The van der Waals surface area contributed by atoms with Gasteiger partial charge >= 0.3 is 14.6 Å². The Hall–Kier alpha value is -2.04. The van der Waals surface area contributed by atoms with Gasteiger partial charge in [-0.05, 0) is 0 Å². The molecule has 0 heterocycles. The van der Waals surface area contributed by atoms with Gasteiger partial charge in [-0.25, -0.2) is 4.79 Å². The minimum absolute atomic E-state index is 0.237. The predicted octanol–water partition coefficient (Wildman–Crippen LogP) is 2.89. The number of benzene rings is 2. The highest BCUT2D eigenvalue weighted by atomic mass is 31.2. The predicted molar refractivity (Wildman–Crippen MR) is 87.3 cm³/mol. The van der Waals surface area contributed by atoms with Crippen molar-refractivity contribution < 1.29 is 23.8 Å². The molecule has 0 atom stereocenters. The Morgan fingerprint density at radius 2 is 1.52 bits per heavy atom. The lowest BCUT2D eigenvalue weighted by atomic mass is 9.86. The van der Waals surface area contributed by atoms with E-state index in [1.807, 2.05) is 12.1 Å². The van der Waals surface area contributed by atoms with Crippen molar-refractivity contribution in [1.29, 1.82) is 0 Å². The Labute approximate surface area is 135 Å². The highest BCUT2D eigenvalue weighted by molar-refractivity contribution is 7.39. The summed E-state index contributed by atoms with van der Waals surface area (Å²) in [6, 6.07) is 18.0. The van der Waals surface area contributed by atoms with Crippen LogP contribution in [-0.4, -0.2) is 22.4 Å². The smallest absolute Gasteiger partial charge is 0.331 e. The Kier molecular flexibility index (Phi) is 6.02. The summed E-state index contributed by atoms with van der Waals surface area (Å²) in [4.78, 5) is 30.2. The Morgan fingerprint density at radius 1 is 1.04 bits per heavy atom. The molecule has 5 nitrogen and oxygen atoms in total. The van der Waals surface area contributed by atoms with Crippen molar-refractivity contribution >= 4 is 14.6 Å². The molecular formula is C17H17O5P. The standard InChI is InChI=1S/C17H17O5P/c1-2-16(18)22-17(13-21-23(19)20,14-9-5-3-6-10-14)15-11-7-4-8-12-15/h2-12,19-20H,1,13H2. The fourth-order valence-corrected chi connectivity index (χ4v) is 2.55. The van der Waals surface area contributed by atoms with Gasteiger partial charge in [0, 0.05) is 17.2 Å². The highest BCUT2D eigenvalue weighted by Gasteiger charge is 2.39. The quantitative estimate of drug-likeness (QED) is 0.463. The van der Waals surface area contributed by atoms with Gasteiger partial charge in [0.05, 0.1) is 0 Å². The van der Waals surface area contributed by atoms with Crippen LogP contribution < -0.4 is 0 Å². The Morgan fingerprint density at radius 3 is 1.91 bits per heavy atom. The summed E-state index contributed by atoms with van der Waals surface area (Å²) in [6.45, 7) is 3.18. The van der Waals surface area contributed by atoms with Crippen LogP contribution in [0.25, 0.3) is 0 Å². The molecule has 120 valence electrons. The van der Waals surface area contributed by atoms with Gasteiger partial charge in [-0.15, -0.1) is 0 Å². The van der Waals surface area contributed by atoms with E-state index < -0.39 is 20.2 Å². The van der Waals surface area contributed by atoms with E-state index in [1.165, 1.54) is 0 Å². The molecule has 0 amide bonds. The van der Waals surface area contributed by atoms with Crippen LogP contribution in [0.3, 0.4) is 0 Å². The Bertz CT molecular complexity index is 603. The molecule has 0 aliphatic rings.